The summed E-state index contributed by atoms with van der Waals surface area (Å²) in [6, 6.07) is 1.67. The van der Waals surface area contributed by atoms with Gasteiger partial charge in [0.2, 0.25) is 0 Å². The fraction of sp³-hybridized carbons (Fsp3) is 0.400. The highest BCUT2D eigenvalue weighted by Gasteiger charge is 2.31. The maximum atomic E-state index is 13.3. The molecule has 1 aromatic rings. The molecule has 0 aliphatic heterocycles. The van der Waals surface area contributed by atoms with Crippen molar-refractivity contribution in [3.05, 3.63) is 35.1 Å². The van der Waals surface area contributed by atoms with Crippen molar-refractivity contribution in [2.75, 3.05) is 0 Å². The second-order valence-electron chi connectivity index (χ2n) is 3.36. The van der Waals surface area contributed by atoms with Crippen LogP contribution in [0.1, 0.15) is 30.5 Å². The molecule has 0 saturated heterocycles. The summed E-state index contributed by atoms with van der Waals surface area (Å²) in [6.07, 6.45) is -4.08. The van der Waals surface area contributed by atoms with E-state index in [-0.39, 0.29) is 5.56 Å². The molecule has 90 valence electrons. The molecule has 0 aliphatic carbocycles. The molecule has 16 heavy (non-hydrogen) atoms. The van der Waals surface area contributed by atoms with Gasteiger partial charge in [0.25, 0.3) is 0 Å². The minimum atomic E-state index is -4.48. The van der Waals surface area contributed by atoms with Crippen LogP contribution in [0.25, 0.3) is 0 Å². The largest absolute Gasteiger partial charge is 0.416 e. The van der Waals surface area contributed by atoms with Gasteiger partial charge < -0.3 is 0 Å². The van der Waals surface area contributed by atoms with Crippen molar-refractivity contribution in [2.45, 2.75) is 25.6 Å². The molecule has 1 aromatic carbocycles. The van der Waals surface area contributed by atoms with Crippen molar-refractivity contribution < 1.29 is 17.6 Å². The lowest BCUT2D eigenvalue weighted by Crippen LogP contribution is -2.28. The number of hydrogen-bond donors (Lipinski definition) is 2. The zero-order valence-corrected chi connectivity index (χ0v) is 8.61. The molecule has 3 N–H and O–H groups in total. The van der Waals surface area contributed by atoms with Crippen LogP contribution in [-0.2, 0) is 6.18 Å². The van der Waals surface area contributed by atoms with Crippen molar-refractivity contribution in [1.29, 1.82) is 0 Å². The van der Waals surface area contributed by atoms with Crippen LogP contribution in [0, 0.1) is 5.82 Å². The predicted octanol–water partition coefficient (Wildman–Crippen LogP) is 2.76. The maximum absolute atomic E-state index is 13.3. The van der Waals surface area contributed by atoms with Crippen LogP contribution >= 0.6 is 0 Å². The van der Waals surface area contributed by atoms with Gasteiger partial charge in [-0.25, -0.2) is 4.39 Å². The fourth-order valence-corrected chi connectivity index (χ4v) is 1.41. The first-order valence-corrected chi connectivity index (χ1v) is 4.73. The summed E-state index contributed by atoms with van der Waals surface area (Å²) in [5.41, 5.74) is 1.33. The van der Waals surface area contributed by atoms with Crippen LogP contribution in [0.2, 0.25) is 0 Å². The van der Waals surface area contributed by atoms with E-state index in [1.54, 1.807) is 6.92 Å². The predicted molar refractivity (Wildman–Crippen MR) is 51.8 cm³/mol. The molecular weight excluding hydrogens is 224 g/mol. The Morgan fingerprint density at radius 2 is 2.00 bits per heavy atom. The number of nitrogens with one attached hydrogen (secondary N) is 1. The number of alkyl halides is 3. The Balaban J connectivity index is 3.18. The van der Waals surface area contributed by atoms with E-state index in [1.165, 1.54) is 0 Å². The van der Waals surface area contributed by atoms with Crippen LogP contribution in [-0.4, -0.2) is 0 Å². The normalized spacial score (nSPS) is 13.9. The zero-order valence-electron chi connectivity index (χ0n) is 8.61. The first kappa shape index (κ1) is 12.9. The van der Waals surface area contributed by atoms with Crippen LogP contribution in [0.3, 0.4) is 0 Å². The topological polar surface area (TPSA) is 38.0 Å². The van der Waals surface area contributed by atoms with Crippen molar-refractivity contribution in [3.63, 3.8) is 0 Å². The third-order valence-electron chi connectivity index (χ3n) is 2.31. The first-order valence-electron chi connectivity index (χ1n) is 4.73. The molecule has 0 saturated carbocycles. The Morgan fingerprint density at radius 3 is 2.44 bits per heavy atom. The van der Waals surface area contributed by atoms with Crippen LogP contribution in [0.15, 0.2) is 18.2 Å². The minimum Gasteiger partial charge on any atom is -0.271 e. The molecule has 0 fully saturated rings. The SMILES string of the molecule is CC[C@@H](NN)c1cc(C(F)(F)F)ccc1F. The van der Waals surface area contributed by atoms with E-state index in [0.717, 1.165) is 12.1 Å². The Morgan fingerprint density at radius 1 is 1.38 bits per heavy atom. The molecule has 0 unspecified atom stereocenters. The number of rotatable bonds is 3. The van der Waals surface area contributed by atoms with E-state index in [0.29, 0.717) is 12.5 Å². The van der Waals surface area contributed by atoms with Gasteiger partial charge in [-0.15, -0.1) is 0 Å². The van der Waals surface area contributed by atoms with Gasteiger partial charge in [0.05, 0.1) is 5.56 Å². The minimum absolute atomic E-state index is 0.0696. The lowest BCUT2D eigenvalue weighted by molar-refractivity contribution is -0.137. The molecule has 0 aliphatic rings. The van der Waals surface area contributed by atoms with Crippen LogP contribution in [0.4, 0.5) is 17.6 Å². The van der Waals surface area contributed by atoms with Crippen LogP contribution < -0.4 is 11.3 Å². The smallest absolute Gasteiger partial charge is 0.271 e. The summed E-state index contributed by atoms with van der Waals surface area (Å²) < 4.78 is 50.5. The number of halogens is 4. The highest BCUT2D eigenvalue weighted by molar-refractivity contribution is 5.29. The molecule has 0 radical (unpaired) electrons. The van der Waals surface area contributed by atoms with Crippen molar-refractivity contribution >= 4 is 0 Å². The van der Waals surface area contributed by atoms with Gasteiger partial charge in [0.1, 0.15) is 5.82 Å². The standard InChI is InChI=1S/C10H12F4N2/c1-2-9(16-15)7-5-6(10(12,13)14)3-4-8(7)11/h3-5,9,16H,2,15H2,1H3/t9-/m1/s1. The molecule has 0 spiro atoms. The summed E-state index contributed by atoms with van der Waals surface area (Å²) in [4.78, 5) is 0. The van der Waals surface area contributed by atoms with Gasteiger partial charge in [-0.05, 0) is 24.6 Å². The first-order chi connectivity index (χ1) is 7.40. The quantitative estimate of drug-likeness (QED) is 0.481. The Kier molecular flexibility index (Phi) is 3.88. The molecule has 1 atom stereocenters. The lowest BCUT2D eigenvalue weighted by atomic mass is 10.0. The highest BCUT2D eigenvalue weighted by atomic mass is 19.4. The Labute approximate surface area is 90.4 Å². The van der Waals surface area contributed by atoms with Crippen LogP contribution in [0.5, 0.6) is 0 Å². The van der Waals surface area contributed by atoms with Crippen molar-refractivity contribution in [2.24, 2.45) is 5.84 Å². The maximum Gasteiger partial charge on any atom is 0.416 e. The molecule has 2 nitrogen and oxygen atoms in total. The molecule has 0 bridgehead atoms. The molecule has 6 heteroatoms. The number of hydrazine groups is 1. The summed E-state index contributed by atoms with van der Waals surface area (Å²) >= 11 is 0. The zero-order chi connectivity index (χ0) is 12.3. The van der Waals surface area contributed by atoms with Gasteiger partial charge in [-0.3, -0.25) is 11.3 Å². The third kappa shape index (κ3) is 2.70. The third-order valence-corrected chi connectivity index (χ3v) is 2.31. The Hall–Kier alpha value is -1.14. The monoisotopic (exact) mass is 236 g/mol. The molecular formula is C10H12F4N2. The van der Waals surface area contributed by atoms with E-state index in [9.17, 15) is 17.6 Å². The van der Waals surface area contributed by atoms with E-state index in [2.05, 4.69) is 5.43 Å². The van der Waals surface area contributed by atoms with Gasteiger partial charge in [-0.2, -0.15) is 13.2 Å². The average molecular weight is 236 g/mol. The Bertz CT molecular complexity index is 358. The summed E-state index contributed by atoms with van der Waals surface area (Å²) in [7, 11) is 0. The fourth-order valence-electron chi connectivity index (χ4n) is 1.41. The molecule has 1 rings (SSSR count). The molecule has 0 heterocycles. The number of benzene rings is 1. The van der Waals surface area contributed by atoms with Crippen molar-refractivity contribution in [3.8, 4) is 0 Å². The van der Waals surface area contributed by atoms with E-state index in [1.807, 2.05) is 0 Å². The summed E-state index contributed by atoms with van der Waals surface area (Å²) in [5.74, 6) is 4.45. The van der Waals surface area contributed by atoms with Gasteiger partial charge in [0.15, 0.2) is 0 Å². The summed E-state index contributed by atoms with van der Waals surface area (Å²) in [6.45, 7) is 1.70. The second kappa shape index (κ2) is 4.80. The number of nitrogens with two attached hydrogens (primary N) is 1. The average Bonchev–Trinajstić information content (AvgIpc) is 2.20. The van der Waals surface area contributed by atoms with E-state index < -0.39 is 23.6 Å². The van der Waals surface area contributed by atoms with Gasteiger partial charge in [-0.1, -0.05) is 6.92 Å². The van der Waals surface area contributed by atoms with E-state index >= 15 is 0 Å². The summed E-state index contributed by atoms with van der Waals surface area (Å²) in [5, 5.41) is 0. The molecule has 0 amide bonds. The van der Waals surface area contributed by atoms with E-state index in [4.69, 9.17) is 5.84 Å². The van der Waals surface area contributed by atoms with Gasteiger partial charge >= 0.3 is 6.18 Å². The molecule has 0 aromatic heterocycles. The lowest BCUT2D eigenvalue weighted by Gasteiger charge is -2.16. The number of hydrogen-bond acceptors (Lipinski definition) is 2. The highest BCUT2D eigenvalue weighted by Crippen LogP contribution is 2.32. The second-order valence-corrected chi connectivity index (χ2v) is 3.36. The van der Waals surface area contributed by atoms with Gasteiger partial charge in [0, 0.05) is 11.6 Å². The van der Waals surface area contributed by atoms with Crippen molar-refractivity contribution in [1.82, 2.24) is 5.43 Å².